The summed E-state index contributed by atoms with van der Waals surface area (Å²) >= 11 is 0. The van der Waals surface area contributed by atoms with E-state index < -0.39 is 0 Å². The molecule has 0 spiro atoms. The number of carbonyl (C=O) groups excluding carboxylic acids is 1. The van der Waals surface area contributed by atoms with Crippen molar-refractivity contribution in [2.75, 3.05) is 19.6 Å². The van der Waals surface area contributed by atoms with Crippen LogP contribution in [0.5, 0.6) is 0 Å². The molecule has 1 amide bonds. The molecule has 1 aliphatic heterocycles. The van der Waals surface area contributed by atoms with Gasteiger partial charge in [0.15, 0.2) is 0 Å². The van der Waals surface area contributed by atoms with E-state index in [0.717, 1.165) is 25.9 Å². The highest BCUT2D eigenvalue weighted by Crippen LogP contribution is 2.29. The van der Waals surface area contributed by atoms with Gasteiger partial charge in [-0.3, -0.25) is 4.79 Å². The highest BCUT2D eigenvalue weighted by molar-refractivity contribution is 5.85. The molecule has 0 radical (unpaired) electrons. The van der Waals surface area contributed by atoms with E-state index in [9.17, 15) is 4.79 Å². The molecule has 1 atom stereocenters. The first-order valence-electron chi connectivity index (χ1n) is 8.00. The molecular weight excluding hydrogens is 296 g/mol. The summed E-state index contributed by atoms with van der Waals surface area (Å²) in [5.41, 5.74) is 8.51. The first kappa shape index (κ1) is 19.0. The number of rotatable bonds is 5. The zero-order valence-electron chi connectivity index (χ0n) is 14.0. The third-order valence-electron chi connectivity index (χ3n) is 4.68. The Morgan fingerprint density at radius 2 is 1.95 bits per heavy atom. The second-order valence-electron chi connectivity index (χ2n) is 6.98. The van der Waals surface area contributed by atoms with Gasteiger partial charge < -0.3 is 10.6 Å². The molecule has 0 bridgehead atoms. The summed E-state index contributed by atoms with van der Waals surface area (Å²) < 4.78 is 0. The minimum atomic E-state index is 0. The number of carbonyl (C=O) groups is 1. The van der Waals surface area contributed by atoms with E-state index in [1.165, 1.54) is 11.1 Å². The van der Waals surface area contributed by atoms with Crippen molar-refractivity contribution in [3.05, 3.63) is 35.4 Å². The van der Waals surface area contributed by atoms with Crippen LogP contribution in [0.3, 0.4) is 0 Å². The molecule has 1 aromatic rings. The van der Waals surface area contributed by atoms with Crippen LogP contribution >= 0.6 is 12.4 Å². The molecule has 1 aliphatic rings. The summed E-state index contributed by atoms with van der Waals surface area (Å²) in [6, 6.07) is 8.64. The monoisotopic (exact) mass is 324 g/mol. The maximum atomic E-state index is 12.3. The van der Waals surface area contributed by atoms with Crippen molar-refractivity contribution in [1.29, 1.82) is 0 Å². The lowest BCUT2D eigenvalue weighted by atomic mass is 9.90. The molecule has 22 heavy (non-hydrogen) atoms. The molecule has 2 rings (SSSR count). The first-order chi connectivity index (χ1) is 9.93. The molecule has 0 aliphatic carbocycles. The van der Waals surface area contributed by atoms with E-state index in [2.05, 4.69) is 45.0 Å². The van der Waals surface area contributed by atoms with Gasteiger partial charge in [-0.15, -0.1) is 12.4 Å². The van der Waals surface area contributed by atoms with Crippen LogP contribution in [0, 0.1) is 5.41 Å². The van der Waals surface area contributed by atoms with E-state index in [0.29, 0.717) is 18.9 Å². The number of likely N-dealkylation sites (tertiary alicyclic amines) is 1. The van der Waals surface area contributed by atoms with Crippen LogP contribution in [0.25, 0.3) is 0 Å². The van der Waals surface area contributed by atoms with Crippen molar-refractivity contribution in [1.82, 2.24) is 4.90 Å². The van der Waals surface area contributed by atoms with Gasteiger partial charge in [-0.1, -0.05) is 45.0 Å². The third-order valence-corrected chi connectivity index (χ3v) is 4.68. The standard InChI is InChI=1S/C18H28N2O.ClH/c1-14(2)16-7-4-15(5-8-16)6-9-17(21)20-11-10-18(3,12-19)13-20;/h4-5,7-8,14H,6,9-13,19H2,1-3H3;1H. The molecule has 0 saturated carbocycles. The molecule has 1 saturated heterocycles. The summed E-state index contributed by atoms with van der Waals surface area (Å²) in [6.45, 7) is 8.90. The van der Waals surface area contributed by atoms with Crippen molar-refractivity contribution in [3.63, 3.8) is 0 Å². The summed E-state index contributed by atoms with van der Waals surface area (Å²) in [6.07, 6.45) is 2.45. The van der Waals surface area contributed by atoms with Gasteiger partial charge in [-0.05, 0) is 41.8 Å². The molecule has 124 valence electrons. The highest BCUT2D eigenvalue weighted by atomic mass is 35.5. The average Bonchev–Trinajstić information content (AvgIpc) is 2.88. The number of hydrogen-bond acceptors (Lipinski definition) is 2. The van der Waals surface area contributed by atoms with Crippen molar-refractivity contribution in [2.45, 2.75) is 46.0 Å². The number of halogens is 1. The van der Waals surface area contributed by atoms with Gasteiger partial charge in [0.2, 0.25) is 5.91 Å². The molecule has 4 heteroatoms. The minimum Gasteiger partial charge on any atom is -0.342 e. The van der Waals surface area contributed by atoms with Gasteiger partial charge >= 0.3 is 0 Å². The lowest BCUT2D eigenvalue weighted by Crippen LogP contribution is -2.34. The Balaban J connectivity index is 0.00000242. The molecule has 0 aromatic heterocycles. The Labute approximate surface area is 140 Å². The zero-order valence-corrected chi connectivity index (χ0v) is 14.8. The fraction of sp³-hybridized carbons (Fsp3) is 0.611. The summed E-state index contributed by atoms with van der Waals surface area (Å²) in [7, 11) is 0. The maximum Gasteiger partial charge on any atom is 0.222 e. The number of amides is 1. The zero-order chi connectivity index (χ0) is 15.5. The Bertz CT molecular complexity index is 486. The minimum absolute atomic E-state index is 0. The van der Waals surface area contributed by atoms with E-state index in [1.54, 1.807) is 0 Å². The van der Waals surface area contributed by atoms with Crippen molar-refractivity contribution in [3.8, 4) is 0 Å². The van der Waals surface area contributed by atoms with Gasteiger partial charge in [0.1, 0.15) is 0 Å². The van der Waals surface area contributed by atoms with E-state index >= 15 is 0 Å². The number of nitrogens with zero attached hydrogens (tertiary/aromatic N) is 1. The van der Waals surface area contributed by atoms with Crippen LogP contribution in [0.2, 0.25) is 0 Å². The van der Waals surface area contributed by atoms with Crippen molar-refractivity contribution < 1.29 is 4.79 Å². The van der Waals surface area contributed by atoms with Gasteiger partial charge in [0, 0.05) is 19.5 Å². The lowest BCUT2D eigenvalue weighted by Gasteiger charge is -2.22. The summed E-state index contributed by atoms with van der Waals surface area (Å²) in [5.74, 6) is 0.819. The molecule has 3 nitrogen and oxygen atoms in total. The van der Waals surface area contributed by atoms with Crippen molar-refractivity contribution >= 4 is 18.3 Å². The Kier molecular flexibility index (Phi) is 6.89. The Hall–Kier alpha value is -1.06. The molecule has 1 heterocycles. The van der Waals surface area contributed by atoms with Crippen LogP contribution < -0.4 is 5.73 Å². The Morgan fingerprint density at radius 1 is 1.32 bits per heavy atom. The first-order valence-corrected chi connectivity index (χ1v) is 8.00. The SMILES string of the molecule is CC(C)c1ccc(CCC(=O)N2CCC(C)(CN)C2)cc1.Cl. The van der Waals surface area contributed by atoms with Crippen LogP contribution in [-0.4, -0.2) is 30.4 Å². The van der Waals surface area contributed by atoms with Crippen LogP contribution in [0.4, 0.5) is 0 Å². The Morgan fingerprint density at radius 3 is 2.45 bits per heavy atom. The van der Waals surface area contributed by atoms with Gasteiger partial charge in [-0.25, -0.2) is 0 Å². The summed E-state index contributed by atoms with van der Waals surface area (Å²) in [5, 5.41) is 0. The number of nitrogens with two attached hydrogens (primary N) is 1. The van der Waals surface area contributed by atoms with Gasteiger partial charge in [-0.2, -0.15) is 0 Å². The second-order valence-corrected chi connectivity index (χ2v) is 6.98. The highest BCUT2D eigenvalue weighted by Gasteiger charge is 2.34. The molecule has 1 aromatic carbocycles. The summed E-state index contributed by atoms with van der Waals surface area (Å²) in [4.78, 5) is 14.3. The normalized spacial score (nSPS) is 21.0. The molecule has 1 fully saturated rings. The van der Waals surface area contributed by atoms with Crippen LogP contribution in [0.15, 0.2) is 24.3 Å². The third kappa shape index (κ3) is 4.72. The van der Waals surface area contributed by atoms with Gasteiger partial charge in [0.05, 0.1) is 0 Å². The molecule has 2 N–H and O–H groups in total. The smallest absolute Gasteiger partial charge is 0.222 e. The maximum absolute atomic E-state index is 12.3. The largest absolute Gasteiger partial charge is 0.342 e. The van der Waals surface area contributed by atoms with Crippen LogP contribution in [0.1, 0.15) is 50.7 Å². The number of aryl methyl sites for hydroxylation is 1. The fourth-order valence-electron chi connectivity index (χ4n) is 2.88. The quantitative estimate of drug-likeness (QED) is 0.902. The molecule has 1 unspecified atom stereocenters. The second kappa shape index (κ2) is 7.98. The average molecular weight is 325 g/mol. The molecular formula is C18H29ClN2O. The van der Waals surface area contributed by atoms with E-state index in [4.69, 9.17) is 5.73 Å². The predicted octanol–water partition coefficient (Wildman–Crippen LogP) is 3.36. The van der Waals surface area contributed by atoms with E-state index in [-0.39, 0.29) is 23.7 Å². The van der Waals surface area contributed by atoms with Crippen LogP contribution in [-0.2, 0) is 11.2 Å². The number of benzene rings is 1. The van der Waals surface area contributed by atoms with E-state index in [1.807, 2.05) is 4.90 Å². The fourth-order valence-corrected chi connectivity index (χ4v) is 2.88. The van der Waals surface area contributed by atoms with Gasteiger partial charge in [0.25, 0.3) is 0 Å². The lowest BCUT2D eigenvalue weighted by molar-refractivity contribution is -0.130. The predicted molar refractivity (Wildman–Crippen MR) is 94.5 cm³/mol. The number of hydrogen-bond donors (Lipinski definition) is 1. The van der Waals surface area contributed by atoms with Crippen molar-refractivity contribution in [2.24, 2.45) is 11.1 Å². The topological polar surface area (TPSA) is 46.3 Å².